The lowest BCUT2D eigenvalue weighted by Gasteiger charge is -2.58. The summed E-state index contributed by atoms with van der Waals surface area (Å²) in [6.07, 6.45) is 4.68. The second-order valence-corrected chi connectivity index (χ2v) is 11.1. The molecule has 0 aromatic rings. The van der Waals surface area contributed by atoms with Crippen LogP contribution in [0.4, 0.5) is 13.2 Å². The topological polar surface area (TPSA) is 46.5 Å². The van der Waals surface area contributed by atoms with E-state index in [4.69, 9.17) is 4.74 Å². The van der Waals surface area contributed by atoms with Gasteiger partial charge in [0.15, 0.2) is 0 Å². The summed E-state index contributed by atoms with van der Waals surface area (Å²) in [6, 6.07) is 0. The van der Waals surface area contributed by atoms with E-state index in [1.54, 1.807) is 0 Å². The van der Waals surface area contributed by atoms with Crippen LogP contribution in [0.3, 0.4) is 0 Å². The number of aliphatic hydroxyl groups is 1. The second-order valence-electron chi connectivity index (χ2n) is 11.1. The first-order valence-corrected chi connectivity index (χ1v) is 11.5. The molecule has 0 bridgehead atoms. The molecule has 3 nitrogen and oxygen atoms in total. The van der Waals surface area contributed by atoms with E-state index >= 15 is 0 Å². The molecule has 7 atom stereocenters. The largest absolute Gasteiger partial charge is 0.450 e. The number of hydrogen-bond acceptors (Lipinski definition) is 3. The van der Waals surface area contributed by atoms with E-state index in [0.717, 1.165) is 51.4 Å². The monoisotopic (exact) mass is 428 g/mol. The van der Waals surface area contributed by atoms with Crippen molar-refractivity contribution >= 4 is 5.78 Å². The van der Waals surface area contributed by atoms with Crippen LogP contribution in [-0.2, 0) is 9.53 Å². The summed E-state index contributed by atoms with van der Waals surface area (Å²) >= 11 is 0. The zero-order chi connectivity index (χ0) is 21.9. The summed E-state index contributed by atoms with van der Waals surface area (Å²) in [7, 11) is 0. The average molecular weight is 429 g/mol. The smallest absolute Gasteiger partial charge is 0.390 e. The molecule has 4 aliphatic carbocycles. The fourth-order valence-corrected chi connectivity index (χ4v) is 7.47. The third-order valence-corrected chi connectivity index (χ3v) is 9.26. The minimum Gasteiger partial charge on any atom is -0.390 e. The van der Waals surface area contributed by atoms with Gasteiger partial charge in [-0.1, -0.05) is 25.5 Å². The van der Waals surface area contributed by atoms with Crippen molar-refractivity contribution in [3.05, 3.63) is 11.6 Å². The number of fused-ring (bicyclic) bond motifs is 5. The summed E-state index contributed by atoms with van der Waals surface area (Å²) in [6.45, 7) is 6.44. The van der Waals surface area contributed by atoms with Gasteiger partial charge in [-0.25, -0.2) is 0 Å². The number of halogens is 3. The molecule has 0 radical (unpaired) electrons. The quantitative estimate of drug-likeness (QED) is 0.592. The summed E-state index contributed by atoms with van der Waals surface area (Å²) in [5, 5.41) is 10.6. The van der Waals surface area contributed by atoms with Crippen molar-refractivity contribution in [1.82, 2.24) is 0 Å². The van der Waals surface area contributed by atoms with Crippen molar-refractivity contribution in [3.8, 4) is 0 Å². The van der Waals surface area contributed by atoms with Gasteiger partial charge in [0.2, 0.25) is 5.78 Å². The summed E-state index contributed by atoms with van der Waals surface area (Å²) in [5.74, 6) is -0.00298. The van der Waals surface area contributed by atoms with Crippen LogP contribution in [-0.4, -0.2) is 35.4 Å². The first kappa shape index (κ1) is 22.3. The number of alkyl halides is 3. The number of Topliss-reactive ketones (excluding diaryl/α,β-unsaturated/α-hetero) is 1. The lowest BCUT2D eigenvalue weighted by atomic mass is 9.47. The van der Waals surface area contributed by atoms with Crippen LogP contribution in [0.5, 0.6) is 0 Å². The number of hydrogen-bond donors (Lipinski definition) is 1. The van der Waals surface area contributed by atoms with E-state index < -0.39 is 24.0 Å². The van der Waals surface area contributed by atoms with Crippen LogP contribution in [0.1, 0.15) is 78.6 Å². The Balaban J connectivity index is 1.45. The molecule has 7 unspecified atom stereocenters. The van der Waals surface area contributed by atoms with Gasteiger partial charge >= 0.3 is 6.18 Å². The van der Waals surface area contributed by atoms with Gasteiger partial charge in [0.1, 0.15) is 0 Å². The number of ketones is 1. The maximum atomic E-state index is 12.5. The standard InChI is InChI=1S/C24H35F3O3/c1-21(29)11-12-22(2)15(14-21)4-5-16-17-6-7-20(23(17,3)10-8-18(16)22)30-13-9-19(28)24(25,26)27/h4,16-18,20,29H,5-14H2,1-3H3. The van der Waals surface area contributed by atoms with Crippen molar-refractivity contribution in [2.24, 2.45) is 28.6 Å². The first-order chi connectivity index (χ1) is 13.9. The van der Waals surface area contributed by atoms with E-state index in [0.29, 0.717) is 17.8 Å². The normalized spacial score (nSPS) is 45.9. The molecule has 30 heavy (non-hydrogen) atoms. The minimum absolute atomic E-state index is 0.0235. The molecular formula is C24H35F3O3. The number of carbonyl (C=O) groups is 1. The van der Waals surface area contributed by atoms with Crippen molar-refractivity contribution in [3.63, 3.8) is 0 Å². The van der Waals surface area contributed by atoms with Gasteiger partial charge < -0.3 is 9.84 Å². The Labute approximate surface area is 177 Å². The highest BCUT2D eigenvalue weighted by atomic mass is 19.4. The Hall–Kier alpha value is -0.880. The minimum atomic E-state index is -4.77. The van der Waals surface area contributed by atoms with E-state index in [1.807, 2.05) is 6.92 Å². The van der Waals surface area contributed by atoms with Crippen LogP contribution >= 0.6 is 0 Å². The molecule has 4 aliphatic rings. The van der Waals surface area contributed by atoms with Crippen LogP contribution in [0, 0.1) is 28.6 Å². The van der Waals surface area contributed by atoms with E-state index in [2.05, 4.69) is 19.9 Å². The van der Waals surface area contributed by atoms with Crippen LogP contribution in [0.25, 0.3) is 0 Å². The van der Waals surface area contributed by atoms with Gasteiger partial charge in [-0.3, -0.25) is 4.79 Å². The molecule has 1 N–H and O–H groups in total. The number of ether oxygens (including phenoxy) is 1. The van der Waals surface area contributed by atoms with Gasteiger partial charge in [0.05, 0.1) is 18.3 Å². The molecule has 3 saturated carbocycles. The molecule has 0 aliphatic heterocycles. The molecule has 0 saturated heterocycles. The second kappa shape index (κ2) is 7.33. The Kier molecular flexibility index (Phi) is 5.45. The molecule has 0 amide bonds. The third kappa shape index (κ3) is 3.66. The first-order valence-electron chi connectivity index (χ1n) is 11.5. The van der Waals surface area contributed by atoms with Crippen molar-refractivity contribution in [1.29, 1.82) is 0 Å². The molecule has 6 heteroatoms. The zero-order valence-corrected chi connectivity index (χ0v) is 18.4. The SMILES string of the molecule is CC1(O)CCC2(C)C(=CCC3C2CCC2(C)C(OCCC(=O)C(F)(F)F)CCC32)C1. The van der Waals surface area contributed by atoms with E-state index in [9.17, 15) is 23.1 Å². The molecule has 0 heterocycles. The highest BCUT2D eigenvalue weighted by molar-refractivity contribution is 5.84. The fraction of sp³-hybridized carbons (Fsp3) is 0.875. The van der Waals surface area contributed by atoms with E-state index in [1.165, 1.54) is 5.57 Å². The van der Waals surface area contributed by atoms with Crippen LogP contribution in [0.15, 0.2) is 11.6 Å². The number of allylic oxidation sites excluding steroid dienone is 1. The lowest BCUT2D eigenvalue weighted by Crippen LogP contribution is -2.52. The van der Waals surface area contributed by atoms with Crippen molar-refractivity contribution < 1.29 is 27.8 Å². The molecule has 0 aromatic heterocycles. The van der Waals surface area contributed by atoms with Gasteiger partial charge in [0.25, 0.3) is 0 Å². The average Bonchev–Trinajstić information content (AvgIpc) is 2.98. The lowest BCUT2D eigenvalue weighted by molar-refractivity contribution is -0.173. The summed E-state index contributed by atoms with van der Waals surface area (Å²) in [4.78, 5) is 11.2. The van der Waals surface area contributed by atoms with Gasteiger partial charge in [-0.15, -0.1) is 0 Å². The van der Waals surface area contributed by atoms with Gasteiger partial charge in [-0.2, -0.15) is 13.2 Å². The molecule has 170 valence electrons. The Bertz CT molecular complexity index is 728. The fourth-order valence-electron chi connectivity index (χ4n) is 7.47. The number of rotatable bonds is 4. The Morgan fingerprint density at radius 3 is 2.57 bits per heavy atom. The third-order valence-electron chi connectivity index (χ3n) is 9.26. The maximum Gasteiger partial charge on any atom is 0.450 e. The van der Waals surface area contributed by atoms with Gasteiger partial charge in [0, 0.05) is 6.42 Å². The van der Waals surface area contributed by atoms with Gasteiger partial charge in [-0.05, 0) is 86.9 Å². The molecule has 4 rings (SSSR count). The number of carbonyl (C=O) groups excluding carboxylic acids is 1. The molecule has 0 aromatic carbocycles. The highest BCUT2D eigenvalue weighted by Crippen LogP contribution is 2.65. The van der Waals surface area contributed by atoms with Crippen molar-refractivity contribution in [2.45, 2.75) is 96.4 Å². The molecule has 0 spiro atoms. The molecule has 3 fully saturated rings. The zero-order valence-electron chi connectivity index (χ0n) is 18.4. The predicted molar refractivity (Wildman–Crippen MR) is 108 cm³/mol. The van der Waals surface area contributed by atoms with Crippen molar-refractivity contribution in [2.75, 3.05) is 6.61 Å². The van der Waals surface area contributed by atoms with E-state index in [-0.39, 0.29) is 23.5 Å². The molecular weight excluding hydrogens is 393 g/mol. The predicted octanol–water partition coefficient (Wildman–Crippen LogP) is 5.61. The summed E-state index contributed by atoms with van der Waals surface area (Å²) < 4.78 is 43.3. The Morgan fingerprint density at radius 2 is 1.87 bits per heavy atom. The van der Waals surface area contributed by atoms with Crippen LogP contribution in [0.2, 0.25) is 0 Å². The van der Waals surface area contributed by atoms with Crippen LogP contribution < -0.4 is 0 Å². The maximum absolute atomic E-state index is 12.5. The highest BCUT2D eigenvalue weighted by Gasteiger charge is 2.59. The Morgan fingerprint density at radius 1 is 1.13 bits per heavy atom. The summed E-state index contributed by atoms with van der Waals surface area (Å²) in [5.41, 5.74) is 0.969.